The van der Waals surface area contributed by atoms with Crippen LogP contribution in [0.2, 0.25) is 0 Å². The Labute approximate surface area is 153 Å². The zero-order valence-corrected chi connectivity index (χ0v) is 15.3. The van der Waals surface area contributed by atoms with E-state index in [1.807, 2.05) is 6.92 Å². The van der Waals surface area contributed by atoms with Gasteiger partial charge in [0.2, 0.25) is 0 Å². The van der Waals surface area contributed by atoms with Gasteiger partial charge in [-0.2, -0.15) is 4.99 Å². The summed E-state index contributed by atoms with van der Waals surface area (Å²) in [6, 6.07) is 8.88. The number of rotatable bonds is 3. The molecule has 3 aromatic rings. The van der Waals surface area contributed by atoms with E-state index in [1.54, 1.807) is 37.3 Å². The van der Waals surface area contributed by atoms with Crippen LogP contribution in [0.25, 0.3) is 10.2 Å². The fraction of sp³-hybridized carbons (Fsp3) is 0.211. The summed E-state index contributed by atoms with van der Waals surface area (Å²) >= 11 is 1.16. The molecule has 0 aliphatic carbocycles. The Morgan fingerprint density at radius 3 is 2.46 bits per heavy atom. The zero-order chi connectivity index (χ0) is 19.0. The highest BCUT2D eigenvalue weighted by molar-refractivity contribution is 7.16. The van der Waals surface area contributed by atoms with Crippen LogP contribution in [0.3, 0.4) is 0 Å². The van der Waals surface area contributed by atoms with Gasteiger partial charge in [-0.1, -0.05) is 29.0 Å². The van der Waals surface area contributed by atoms with Crippen molar-refractivity contribution in [3.8, 4) is 0 Å². The van der Waals surface area contributed by atoms with Crippen LogP contribution in [0.1, 0.15) is 34.5 Å². The van der Waals surface area contributed by atoms with Crippen molar-refractivity contribution in [2.75, 3.05) is 0 Å². The highest BCUT2D eigenvalue weighted by Crippen LogP contribution is 2.24. The van der Waals surface area contributed by atoms with Crippen LogP contribution in [0, 0.1) is 19.7 Å². The number of benzene rings is 2. The third-order valence-corrected chi connectivity index (χ3v) is 5.16. The molecule has 134 valence electrons. The number of aryl methyl sites for hydroxylation is 2. The Kier molecular flexibility index (Phi) is 4.73. The summed E-state index contributed by atoms with van der Waals surface area (Å²) in [7, 11) is 0. The van der Waals surface area contributed by atoms with Gasteiger partial charge in [0.15, 0.2) is 4.80 Å². The predicted molar refractivity (Wildman–Crippen MR) is 97.9 cm³/mol. The number of aromatic nitrogens is 1. The van der Waals surface area contributed by atoms with E-state index in [-0.39, 0.29) is 4.80 Å². The van der Waals surface area contributed by atoms with Crippen molar-refractivity contribution in [1.82, 2.24) is 4.57 Å². The van der Waals surface area contributed by atoms with E-state index in [1.165, 1.54) is 17.6 Å². The van der Waals surface area contributed by atoms with Crippen molar-refractivity contribution >= 4 is 33.4 Å². The van der Waals surface area contributed by atoms with Crippen LogP contribution >= 0.6 is 11.3 Å². The number of fused-ring (bicyclic) bond motifs is 1. The molecule has 1 aromatic heterocycles. The Morgan fingerprint density at radius 1 is 1.19 bits per heavy atom. The molecule has 3 rings (SSSR count). The monoisotopic (exact) mass is 372 g/mol. The molecule has 5 nitrogen and oxygen atoms in total. The molecular weight excluding hydrogens is 355 g/mol. The predicted octanol–water partition coefficient (Wildman–Crippen LogP) is 3.85. The lowest BCUT2D eigenvalue weighted by atomic mass is 10.1. The largest absolute Gasteiger partial charge is 0.480 e. The summed E-state index contributed by atoms with van der Waals surface area (Å²) in [4.78, 5) is 28.3. The van der Waals surface area contributed by atoms with Crippen molar-refractivity contribution in [1.29, 1.82) is 0 Å². The number of thiazole rings is 1. The highest BCUT2D eigenvalue weighted by atomic mass is 32.1. The van der Waals surface area contributed by atoms with Crippen LogP contribution in [-0.4, -0.2) is 21.6 Å². The standard InChI is InChI=1S/C19H17FN2O3S/c1-10-4-6-13(7-5-10)17(23)21-19-22(12(3)18(24)25)15-9-14(20)11(2)8-16(15)26-19/h4-9,12H,1-3H3,(H,24,25)/b21-19-. The van der Waals surface area contributed by atoms with Crippen LogP contribution in [0.15, 0.2) is 41.4 Å². The van der Waals surface area contributed by atoms with Gasteiger partial charge in [-0.3, -0.25) is 4.79 Å². The summed E-state index contributed by atoms with van der Waals surface area (Å²) in [5.74, 6) is -1.99. The lowest BCUT2D eigenvalue weighted by Crippen LogP contribution is -2.25. The van der Waals surface area contributed by atoms with E-state index in [2.05, 4.69) is 4.99 Å². The molecule has 0 saturated carbocycles. The second-order valence-electron chi connectivity index (χ2n) is 6.12. The highest BCUT2D eigenvalue weighted by Gasteiger charge is 2.20. The molecule has 1 unspecified atom stereocenters. The van der Waals surface area contributed by atoms with Crippen molar-refractivity contribution in [3.05, 3.63) is 63.7 Å². The normalized spacial score (nSPS) is 13.2. The first-order valence-corrected chi connectivity index (χ1v) is 8.79. The van der Waals surface area contributed by atoms with Crippen molar-refractivity contribution in [2.45, 2.75) is 26.8 Å². The van der Waals surface area contributed by atoms with Gasteiger partial charge in [0.1, 0.15) is 11.9 Å². The maximum atomic E-state index is 14.0. The summed E-state index contributed by atoms with van der Waals surface area (Å²) < 4.78 is 16.1. The third kappa shape index (κ3) is 3.30. The fourth-order valence-electron chi connectivity index (χ4n) is 2.57. The van der Waals surface area contributed by atoms with Gasteiger partial charge in [-0.25, -0.2) is 9.18 Å². The molecule has 1 amide bonds. The number of carbonyl (C=O) groups is 2. The summed E-state index contributed by atoms with van der Waals surface area (Å²) in [5, 5.41) is 9.41. The fourth-order valence-corrected chi connectivity index (χ4v) is 3.75. The molecule has 0 spiro atoms. The van der Waals surface area contributed by atoms with Crippen LogP contribution in [0.4, 0.5) is 4.39 Å². The number of halogens is 1. The van der Waals surface area contributed by atoms with Crippen molar-refractivity contribution in [2.24, 2.45) is 4.99 Å². The van der Waals surface area contributed by atoms with Gasteiger partial charge in [0.25, 0.3) is 5.91 Å². The average molecular weight is 372 g/mol. The molecule has 1 N–H and O–H groups in total. The molecule has 0 aliphatic rings. The van der Waals surface area contributed by atoms with Gasteiger partial charge in [-0.15, -0.1) is 0 Å². The zero-order valence-electron chi connectivity index (χ0n) is 14.5. The minimum Gasteiger partial charge on any atom is -0.480 e. The lowest BCUT2D eigenvalue weighted by molar-refractivity contribution is -0.140. The smallest absolute Gasteiger partial charge is 0.326 e. The van der Waals surface area contributed by atoms with Gasteiger partial charge in [-0.05, 0) is 50.6 Å². The molecule has 0 fully saturated rings. The first kappa shape index (κ1) is 18.0. The van der Waals surface area contributed by atoms with Crippen LogP contribution in [-0.2, 0) is 4.79 Å². The van der Waals surface area contributed by atoms with Crippen LogP contribution < -0.4 is 4.80 Å². The van der Waals surface area contributed by atoms with E-state index in [0.717, 1.165) is 16.9 Å². The summed E-state index contributed by atoms with van der Waals surface area (Å²) in [5.41, 5.74) is 2.28. The SMILES string of the molecule is Cc1ccc(C(=O)/N=c2\sc3cc(C)c(F)cc3n2C(C)C(=O)O)cc1. The number of carbonyl (C=O) groups excluding carboxylic acids is 1. The average Bonchev–Trinajstić information content (AvgIpc) is 2.91. The van der Waals surface area contributed by atoms with E-state index >= 15 is 0 Å². The number of hydrogen-bond acceptors (Lipinski definition) is 3. The quantitative estimate of drug-likeness (QED) is 0.759. The summed E-state index contributed by atoms with van der Waals surface area (Å²) in [6.45, 7) is 5.02. The molecule has 0 aliphatic heterocycles. The second kappa shape index (κ2) is 6.84. The number of carboxylic acid groups (broad SMARTS) is 1. The topological polar surface area (TPSA) is 71.7 Å². The van der Waals surface area contributed by atoms with E-state index in [9.17, 15) is 19.1 Å². The molecule has 0 saturated heterocycles. The molecule has 7 heteroatoms. The molecule has 0 bridgehead atoms. The van der Waals surface area contributed by atoms with Crippen molar-refractivity contribution < 1.29 is 19.1 Å². The number of nitrogens with zero attached hydrogens (tertiary/aromatic N) is 2. The van der Waals surface area contributed by atoms with Crippen LogP contribution in [0.5, 0.6) is 0 Å². The lowest BCUT2D eigenvalue weighted by Gasteiger charge is -2.10. The minimum atomic E-state index is -1.09. The Bertz CT molecular complexity index is 1080. The third-order valence-electron chi connectivity index (χ3n) is 4.15. The van der Waals surface area contributed by atoms with E-state index < -0.39 is 23.7 Å². The molecule has 2 aromatic carbocycles. The maximum Gasteiger partial charge on any atom is 0.326 e. The number of carboxylic acids is 1. The molecule has 1 heterocycles. The van der Waals surface area contributed by atoms with Gasteiger partial charge in [0.05, 0.1) is 10.2 Å². The molecule has 1 atom stereocenters. The first-order valence-electron chi connectivity index (χ1n) is 7.97. The Morgan fingerprint density at radius 2 is 1.85 bits per heavy atom. The Balaban J connectivity index is 2.23. The number of hydrogen-bond donors (Lipinski definition) is 1. The first-order chi connectivity index (χ1) is 12.3. The van der Waals surface area contributed by atoms with Gasteiger partial charge < -0.3 is 9.67 Å². The number of amides is 1. The second-order valence-corrected chi connectivity index (χ2v) is 7.13. The maximum absolute atomic E-state index is 14.0. The van der Waals surface area contributed by atoms with E-state index in [0.29, 0.717) is 21.3 Å². The van der Waals surface area contributed by atoms with E-state index in [4.69, 9.17) is 0 Å². The Hall–Kier alpha value is -2.80. The summed E-state index contributed by atoms with van der Waals surface area (Å²) in [6.07, 6.45) is 0. The van der Waals surface area contributed by atoms with Gasteiger partial charge in [0, 0.05) is 5.56 Å². The number of aliphatic carboxylic acids is 1. The molecule has 0 radical (unpaired) electrons. The van der Waals surface area contributed by atoms with Gasteiger partial charge >= 0.3 is 5.97 Å². The minimum absolute atomic E-state index is 0.227. The molecular formula is C19H17FN2O3S. The van der Waals surface area contributed by atoms with Crippen molar-refractivity contribution in [3.63, 3.8) is 0 Å². The molecule has 26 heavy (non-hydrogen) atoms.